The van der Waals surface area contributed by atoms with Crippen LogP contribution >= 0.6 is 0 Å². The zero-order chi connectivity index (χ0) is 12.4. The maximum atomic E-state index is 11.0. The van der Waals surface area contributed by atoms with Crippen molar-refractivity contribution in [2.75, 3.05) is 0 Å². The van der Waals surface area contributed by atoms with E-state index in [1.165, 1.54) is 4.57 Å². The third kappa shape index (κ3) is 1.56. The van der Waals surface area contributed by atoms with E-state index in [0.717, 1.165) is 0 Å². The number of benzene rings is 1. The Morgan fingerprint density at radius 3 is 2.82 bits per heavy atom. The lowest BCUT2D eigenvalue weighted by Crippen LogP contribution is -2.02. The largest absolute Gasteiger partial charge is 0.358 e. The fraction of sp³-hybridized carbons (Fsp3) is 0.0833. The molecule has 17 heavy (non-hydrogen) atoms. The van der Waals surface area contributed by atoms with Crippen LogP contribution in [0.5, 0.6) is 0 Å². The van der Waals surface area contributed by atoms with Crippen molar-refractivity contribution >= 4 is 16.7 Å². The monoisotopic (exact) mass is 227 g/mol. The first-order valence-electron chi connectivity index (χ1n) is 4.97. The molecule has 0 aliphatic rings. The molecule has 0 spiro atoms. The number of fused-ring (bicyclic) bond motifs is 1. The van der Waals surface area contributed by atoms with Gasteiger partial charge < -0.3 is 10.1 Å². The summed E-state index contributed by atoms with van der Waals surface area (Å²) in [5.41, 5.74) is 0.781. The minimum Gasteiger partial charge on any atom is -0.358 e. The molecule has 0 bridgehead atoms. The van der Waals surface area contributed by atoms with Gasteiger partial charge in [0.15, 0.2) is 5.56 Å². The van der Waals surface area contributed by atoms with Crippen molar-refractivity contribution in [2.45, 2.75) is 6.54 Å². The predicted octanol–water partition coefficient (Wildman–Crippen LogP) is 2.61. The minimum absolute atomic E-state index is 0.104. The second-order valence-corrected chi connectivity index (χ2v) is 3.48. The highest BCUT2D eigenvalue weighted by atomic mass is 16.6. The zero-order valence-corrected chi connectivity index (χ0v) is 8.96. The maximum absolute atomic E-state index is 11.0. The molecule has 0 amide bonds. The third-order valence-electron chi connectivity index (χ3n) is 2.54. The van der Waals surface area contributed by atoms with Crippen molar-refractivity contribution in [3.8, 4) is 6.07 Å². The molecule has 0 saturated heterocycles. The van der Waals surface area contributed by atoms with Gasteiger partial charge in [0.1, 0.15) is 18.1 Å². The number of para-hydroxylation sites is 1. The van der Waals surface area contributed by atoms with Crippen molar-refractivity contribution in [2.24, 2.45) is 0 Å². The van der Waals surface area contributed by atoms with Crippen LogP contribution in [-0.2, 0) is 6.54 Å². The quantitative estimate of drug-likeness (QED) is 0.459. The first-order valence-corrected chi connectivity index (χ1v) is 4.97. The van der Waals surface area contributed by atoms with Gasteiger partial charge in [-0.3, -0.25) is 0 Å². The Bertz CT molecular complexity index is 650. The van der Waals surface area contributed by atoms with Gasteiger partial charge in [-0.25, -0.2) is 4.57 Å². The molecule has 1 aromatic heterocycles. The highest BCUT2D eigenvalue weighted by Gasteiger charge is 2.25. The minimum atomic E-state index is -0.526. The van der Waals surface area contributed by atoms with Gasteiger partial charge in [-0.1, -0.05) is 24.8 Å². The van der Waals surface area contributed by atoms with Gasteiger partial charge >= 0.3 is 5.82 Å². The molecule has 0 N–H and O–H groups in total. The van der Waals surface area contributed by atoms with E-state index < -0.39 is 4.92 Å². The van der Waals surface area contributed by atoms with Gasteiger partial charge in [0.25, 0.3) is 0 Å². The molecule has 5 nitrogen and oxygen atoms in total. The second kappa shape index (κ2) is 4.10. The molecule has 0 aliphatic heterocycles. The highest BCUT2D eigenvalue weighted by Crippen LogP contribution is 2.31. The molecule has 2 rings (SSSR count). The van der Waals surface area contributed by atoms with E-state index in [1.54, 1.807) is 30.3 Å². The van der Waals surface area contributed by atoms with Crippen LogP contribution < -0.4 is 0 Å². The van der Waals surface area contributed by atoms with E-state index in [2.05, 4.69) is 6.58 Å². The van der Waals surface area contributed by atoms with E-state index in [1.807, 2.05) is 6.07 Å². The van der Waals surface area contributed by atoms with Crippen LogP contribution in [0.25, 0.3) is 10.9 Å². The number of hydrogen-bond donors (Lipinski definition) is 0. The molecule has 0 unspecified atom stereocenters. The number of hydrogen-bond acceptors (Lipinski definition) is 3. The molecule has 0 radical (unpaired) electrons. The molecular formula is C12H9N3O2. The van der Waals surface area contributed by atoms with Crippen molar-refractivity contribution < 1.29 is 4.92 Å². The van der Waals surface area contributed by atoms with Crippen molar-refractivity contribution in [3.05, 3.63) is 52.6 Å². The number of rotatable bonds is 3. The SMILES string of the molecule is C=CCn1c([N+](=O)[O-])c(C#N)c2ccccc21. The van der Waals surface area contributed by atoms with Crippen LogP contribution in [0, 0.1) is 21.4 Å². The summed E-state index contributed by atoms with van der Waals surface area (Å²) in [6, 6.07) is 8.91. The van der Waals surface area contributed by atoms with E-state index in [0.29, 0.717) is 17.4 Å². The normalized spacial score (nSPS) is 10.1. The summed E-state index contributed by atoms with van der Waals surface area (Å²) in [6.45, 7) is 3.88. The zero-order valence-electron chi connectivity index (χ0n) is 8.96. The number of allylic oxidation sites excluding steroid dienone is 1. The first kappa shape index (κ1) is 10.9. The summed E-state index contributed by atoms with van der Waals surface area (Å²) >= 11 is 0. The van der Waals surface area contributed by atoms with Crippen molar-refractivity contribution in [3.63, 3.8) is 0 Å². The molecule has 0 atom stereocenters. The summed E-state index contributed by atoms with van der Waals surface area (Å²) in [5, 5.41) is 20.7. The van der Waals surface area contributed by atoms with Crippen LogP contribution in [-0.4, -0.2) is 9.49 Å². The Hall–Kier alpha value is -2.61. The van der Waals surface area contributed by atoms with Gasteiger partial charge in [0.05, 0.1) is 0 Å². The predicted molar refractivity (Wildman–Crippen MR) is 63.5 cm³/mol. The summed E-state index contributed by atoms with van der Waals surface area (Å²) < 4.78 is 1.49. The summed E-state index contributed by atoms with van der Waals surface area (Å²) in [5.74, 6) is -0.173. The number of nitriles is 1. The fourth-order valence-electron chi connectivity index (χ4n) is 1.90. The molecule has 0 saturated carbocycles. The highest BCUT2D eigenvalue weighted by molar-refractivity contribution is 5.90. The molecule has 84 valence electrons. The van der Waals surface area contributed by atoms with Crippen molar-refractivity contribution in [1.82, 2.24) is 4.57 Å². The lowest BCUT2D eigenvalue weighted by Gasteiger charge is -1.99. The van der Waals surface area contributed by atoms with Gasteiger partial charge in [0.2, 0.25) is 0 Å². The first-order chi connectivity index (χ1) is 8.20. The number of nitro groups is 1. The topological polar surface area (TPSA) is 71.9 Å². The van der Waals surface area contributed by atoms with E-state index in [-0.39, 0.29) is 11.4 Å². The van der Waals surface area contributed by atoms with Gasteiger partial charge in [0, 0.05) is 5.39 Å². The van der Waals surface area contributed by atoms with Crippen LogP contribution in [0.4, 0.5) is 5.82 Å². The average Bonchev–Trinajstić information content (AvgIpc) is 2.64. The molecular weight excluding hydrogens is 218 g/mol. The molecule has 1 aromatic carbocycles. The second-order valence-electron chi connectivity index (χ2n) is 3.48. The van der Waals surface area contributed by atoms with Crippen LogP contribution in [0.15, 0.2) is 36.9 Å². The standard InChI is InChI=1S/C12H9N3O2/c1-2-7-14-11-6-4-3-5-9(11)10(8-13)12(14)15(16)17/h2-6H,1,7H2. The Morgan fingerprint density at radius 1 is 1.53 bits per heavy atom. The van der Waals surface area contributed by atoms with Gasteiger partial charge in [-0.05, 0) is 17.1 Å². The lowest BCUT2D eigenvalue weighted by atomic mass is 10.2. The average molecular weight is 227 g/mol. The van der Waals surface area contributed by atoms with Gasteiger partial charge in [-0.2, -0.15) is 5.26 Å². The molecule has 1 heterocycles. The van der Waals surface area contributed by atoms with E-state index in [4.69, 9.17) is 5.26 Å². The Kier molecular flexibility index (Phi) is 2.63. The molecule has 0 aliphatic carbocycles. The summed E-state index contributed by atoms with van der Waals surface area (Å²) in [7, 11) is 0. The van der Waals surface area contributed by atoms with E-state index in [9.17, 15) is 10.1 Å². The summed E-state index contributed by atoms with van der Waals surface area (Å²) in [6.07, 6.45) is 1.57. The molecule has 5 heteroatoms. The lowest BCUT2D eigenvalue weighted by molar-refractivity contribution is -0.391. The Morgan fingerprint density at radius 2 is 2.24 bits per heavy atom. The third-order valence-corrected chi connectivity index (χ3v) is 2.54. The van der Waals surface area contributed by atoms with Crippen LogP contribution in [0.3, 0.4) is 0 Å². The maximum Gasteiger partial charge on any atom is 0.342 e. The Balaban J connectivity index is 2.93. The number of nitrogens with zero attached hydrogens (tertiary/aromatic N) is 3. The van der Waals surface area contributed by atoms with E-state index >= 15 is 0 Å². The number of aromatic nitrogens is 1. The van der Waals surface area contributed by atoms with Crippen molar-refractivity contribution in [1.29, 1.82) is 5.26 Å². The molecule has 2 aromatic rings. The molecule has 0 fully saturated rings. The fourth-order valence-corrected chi connectivity index (χ4v) is 1.90. The Labute approximate surface area is 97.3 Å². The summed E-state index contributed by atoms with van der Waals surface area (Å²) in [4.78, 5) is 10.5. The smallest absolute Gasteiger partial charge is 0.342 e. The van der Waals surface area contributed by atoms with Crippen LogP contribution in [0.2, 0.25) is 0 Å². The van der Waals surface area contributed by atoms with Crippen LogP contribution in [0.1, 0.15) is 5.56 Å². The van der Waals surface area contributed by atoms with Gasteiger partial charge in [-0.15, -0.1) is 0 Å².